The predicted molar refractivity (Wildman–Crippen MR) is 110 cm³/mol. The fourth-order valence-corrected chi connectivity index (χ4v) is 3.57. The molecule has 0 unspecified atom stereocenters. The van der Waals surface area contributed by atoms with Crippen LogP contribution in [-0.4, -0.2) is 66.4 Å². The molecule has 0 radical (unpaired) electrons. The number of hydrogen-bond acceptors (Lipinski definition) is 5. The van der Waals surface area contributed by atoms with E-state index in [2.05, 4.69) is 5.10 Å². The van der Waals surface area contributed by atoms with Crippen LogP contribution < -0.4 is 4.90 Å². The van der Waals surface area contributed by atoms with E-state index in [-0.39, 0.29) is 18.0 Å². The van der Waals surface area contributed by atoms with Crippen molar-refractivity contribution in [3.63, 3.8) is 0 Å². The Morgan fingerprint density at radius 3 is 2.48 bits per heavy atom. The van der Waals surface area contributed by atoms with E-state index < -0.39 is 11.7 Å². The van der Waals surface area contributed by atoms with Gasteiger partial charge < -0.3 is 4.90 Å². The van der Waals surface area contributed by atoms with E-state index in [1.807, 2.05) is 35.3 Å². The van der Waals surface area contributed by atoms with Crippen LogP contribution in [0.5, 0.6) is 0 Å². The molecule has 7 nitrogen and oxygen atoms in total. The van der Waals surface area contributed by atoms with E-state index in [4.69, 9.17) is 11.6 Å². The molecule has 8 heteroatoms. The molecule has 0 bridgehead atoms. The lowest BCUT2D eigenvalue weighted by Crippen LogP contribution is -2.50. The largest absolute Gasteiger partial charge is 0.337 e. The summed E-state index contributed by atoms with van der Waals surface area (Å²) in [6.07, 6.45) is 1.80. The van der Waals surface area contributed by atoms with Gasteiger partial charge in [0, 0.05) is 18.1 Å². The number of hydrazone groups is 1. The van der Waals surface area contributed by atoms with Gasteiger partial charge in [0.2, 0.25) is 5.91 Å². The lowest BCUT2D eigenvalue weighted by Gasteiger charge is -2.34. The Morgan fingerprint density at radius 2 is 1.76 bits per heavy atom. The van der Waals surface area contributed by atoms with Crippen LogP contribution in [0.1, 0.15) is 15.9 Å². The Kier molecular flexibility index (Phi) is 5.31. The lowest BCUT2D eigenvalue weighted by atomic mass is 10.1. The molecule has 0 aromatic heterocycles. The molecule has 29 heavy (non-hydrogen) atoms. The summed E-state index contributed by atoms with van der Waals surface area (Å²) in [4.78, 5) is 40.0. The van der Waals surface area contributed by atoms with Crippen molar-refractivity contribution in [1.82, 2.24) is 9.91 Å². The van der Waals surface area contributed by atoms with Gasteiger partial charge in [0.05, 0.1) is 30.6 Å². The summed E-state index contributed by atoms with van der Waals surface area (Å²) in [5.74, 6) is -1.50. The van der Waals surface area contributed by atoms with Crippen molar-refractivity contribution < 1.29 is 14.4 Å². The van der Waals surface area contributed by atoms with E-state index >= 15 is 0 Å². The number of carbonyl (C=O) groups excluding carboxylic acids is 3. The first-order valence-corrected chi connectivity index (χ1v) is 9.68. The quantitative estimate of drug-likeness (QED) is 0.571. The maximum Gasteiger partial charge on any atom is 0.299 e. The Morgan fingerprint density at radius 1 is 1.03 bits per heavy atom. The second kappa shape index (κ2) is 8.05. The highest BCUT2D eigenvalue weighted by molar-refractivity contribution is 6.53. The molecule has 2 aromatic carbocycles. The highest BCUT2D eigenvalue weighted by Crippen LogP contribution is 2.31. The van der Waals surface area contributed by atoms with Gasteiger partial charge in [-0.1, -0.05) is 41.9 Å². The molecule has 0 atom stereocenters. The van der Waals surface area contributed by atoms with Crippen molar-refractivity contribution in [3.05, 3.63) is 64.7 Å². The first-order chi connectivity index (χ1) is 14.0. The third-order valence-electron chi connectivity index (χ3n) is 5.01. The Balaban J connectivity index is 1.36. The zero-order chi connectivity index (χ0) is 20.4. The molecule has 1 fully saturated rings. The summed E-state index contributed by atoms with van der Waals surface area (Å²) >= 11 is 6.00. The Bertz CT molecular complexity index is 985. The Labute approximate surface area is 173 Å². The minimum absolute atomic E-state index is 0.175. The fraction of sp³-hybridized carbons (Fsp3) is 0.238. The predicted octanol–water partition coefficient (Wildman–Crippen LogP) is 2.05. The minimum Gasteiger partial charge on any atom is -0.337 e. The van der Waals surface area contributed by atoms with Crippen molar-refractivity contribution in [1.29, 1.82) is 0 Å². The standard InChI is InChI=1S/C21H19ClN4O3/c22-16-6-7-17-18(12-16)26(21(29)20(17)28)14-19(27)24-8-10-25(11-9-24)23-13-15-4-2-1-3-5-15/h1-7,12-13H,8-11,14H2. The number of nitrogens with zero attached hydrogens (tertiary/aromatic N) is 4. The van der Waals surface area contributed by atoms with E-state index in [9.17, 15) is 14.4 Å². The van der Waals surface area contributed by atoms with Gasteiger partial charge in [-0.2, -0.15) is 5.10 Å². The van der Waals surface area contributed by atoms with Crippen molar-refractivity contribution >= 4 is 41.1 Å². The second-order valence-corrected chi connectivity index (χ2v) is 7.31. The molecule has 0 aliphatic carbocycles. The number of fused-ring (bicyclic) bond motifs is 1. The molecule has 148 valence electrons. The summed E-state index contributed by atoms with van der Waals surface area (Å²) in [6, 6.07) is 14.4. The van der Waals surface area contributed by atoms with Gasteiger partial charge in [0.15, 0.2) is 0 Å². The third-order valence-corrected chi connectivity index (χ3v) is 5.24. The van der Waals surface area contributed by atoms with E-state index in [1.165, 1.54) is 11.0 Å². The molecular weight excluding hydrogens is 392 g/mol. The van der Waals surface area contributed by atoms with Crippen LogP contribution in [0.25, 0.3) is 0 Å². The zero-order valence-electron chi connectivity index (χ0n) is 15.6. The van der Waals surface area contributed by atoms with Crippen molar-refractivity contribution in [3.8, 4) is 0 Å². The molecular formula is C21H19ClN4O3. The molecule has 2 aromatic rings. The first-order valence-electron chi connectivity index (χ1n) is 9.30. The maximum atomic E-state index is 12.7. The molecule has 2 heterocycles. The number of ketones is 1. The van der Waals surface area contributed by atoms with Crippen LogP contribution in [0.2, 0.25) is 5.02 Å². The van der Waals surface area contributed by atoms with Gasteiger partial charge in [-0.15, -0.1) is 0 Å². The molecule has 2 aliphatic heterocycles. The van der Waals surface area contributed by atoms with Gasteiger partial charge >= 0.3 is 0 Å². The van der Waals surface area contributed by atoms with E-state index in [0.717, 1.165) is 5.56 Å². The number of carbonyl (C=O) groups is 3. The first kappa shape index (κ1) is 19.1. The average Bonchev–Trinajstić information content (AvgIpc) is 2.97. The molecule has 2 amide bonds. The number of halogens is 1. The van der Waals surface area contributed by atoms with Crippen LogP contribution in [0.15, 0.2) is 53.6 Å². The maximum absolute atomic E-state index is 12.7. The number of amides is 2. The number of piperazine rings is 1. The van der Waals surface area contributed by atoms with E-state index in [0.29, 0.717) is 36.9 Å². The molecule has 0 spiro atoms. The summed E-state index contributed by atoms with van der Waals surface area (Å²) < 4.78 is 0. The van der Waals surface area contributed by atoms with E-state index in [1.54, 1.807) is 23.2 Å². The number of Topliss-reactive ketones (excluding diaryl/α,β-unsaturated/α-hetero) is 1. The smallest absolute Gasteiger partial charge is 0.299 e. The highest BCUT2D eigenvalue weighted by Gasteiger charge is 2.37. The second-order valence-electron chi connectivity index (χ2n) is 6.87. The lowest BCUT2D eigenvalue weighted by molar-refractivity contribution is -0.132. The summed E-state index contributed by atoms with van der Waals surface area (Å²) in [5, 5.41) is 6.78. The number of anilines is 1. The SMILES string of the molecule is O=C1C(=O)N(CC(=O)N2CCN(N=Cc3ccccc3)CC2)c2cc(Cl)ccc21. The van der Waals surface area contributed by atoms with Gasteiger partial charge in [0.1, 0.15) is 6.54 Å². The number of benzene rings is 2. The summed E-state index contributed by atoms with van der Waals surface area (Å²) in [5.41, 5.74) is 1.69. The Hall–Kier alpha value is -3.19. The van der Waals surface area contributed by atoms with Crippen LogP contribution in [0.3, 0.4) is 0 Å². The average molecular weight is 411 g/mol. The van der Waals surface area contributed by atoms with Gasteiger partial charge in [0.25, 0.3) is 11.7 Å². The topological polar surface area (TPSA) is 73.3 Å². The molecule has 2 aliphatic rings. The molecule has 0 N–H and O–H groups in total. The number of rotatable bonds is 4. The summed E-state index contributed by atoms with van der Waals surface area (Å²) in [6.45, 7) is 2.03. The fourth-order valence-electron chi connectivity index (χ4n) is 3.41. The van der Waals surface area contributed by atoms with Crippen molar-refractivity contribution in [2.75, 3.05) is 37.6 Å². The van der Waals surface area contributed by atoms with Crippen molar-refractivity contribution in [2.24, 2.45) is 5.10 Å². The summed E-state index contributed by atoms with van der Waals surface area (Å²) in [7, 11) is 0. The van der Waals surface area contributed by atoms with Gasteiger partial charge in [-0.05, 0) is 23.8 Å². The third kappa shape index (κ3) is 4.00. The highest BCUT2D eigenvalue weighted by atomic mass is 35.5. The van der Waals surface area contributed by atoms with Crippen LogP contribution in [0.4, 0.5) is 5.69 Å². The van der Waals surface area contributed by atoms with Gasteiger partial charge in [-0.25, -0.2) is 0 Å². The monoisotopic (exact) mass is 410 g/mol. The van der Waals surface area contributed by atoms with Crippen molar-refractivity contribution in [2.45, 2.75) is 0 Å². The van der Waals surface area contributed by atoms with Crippen LogP contribution in [-0.2, 0) is 9.59 Å². The number of hydrogen-bond donors (Lipinski definition) is 0. The minimum atomic E-state index is -0.693. The normalized spacial score (nSPS) is 16.7. The molecule has 4 rings (SSSR count). The molecule has 1 saturated heterocycles. The molecule has 0 saturated carbocycles. The van der Waals surface area contributed by atoms with Crippen LogP contribution in [0, 0.1) is 0 Å². The van der Waals surface area contributed by atoms with Crippen LogP contribution >= 0.6 is 11.6 Å². The zero-order valence-corrected chi connectivity index (χ0v) is 16.4. The van der Waals surface area contributed by atoms with Gasteiger partial charge in [-0.3, -0.25) is 24.3 Å².